The molecule has 1 aromatic rings. The van der Waals surface area contributed by atoms with Crippen LogP contribution in [-0.4, -0.2) is 12.5 Å². The second kappa shape index (κ2) is 6.35. The molecule has 0 bridgehead atoms. The lowest BCUT2D eigenvalue weighted by Crippen LogP contribution is -2.32. The average molecular weight is 238 g/mol. The Balaban J connectivity index is 2.63. The maximum Gasteiger partial charge on any atom is 0.223 e. The number of hydrogen-bond acceptors (Lipinski definition) is 2. The lowest BCUT2D eigenvalue weighted by atomic mass is 10.0. The molecule has 0 heterocycles. The standard InChI is InChI=1S/C13H19FN2O/c1-9(7-8-15)13(17)16-10(2)11-5-3-4-6-12(11)14/h3-6,9-10H,7-8,15H2,1-2H3,(H,16,17). The molecular weight excluding hydrogens is 219 g/mol. The summed E-state index contributed by atoms with van der Waals surface area (Å²) in [5.41, 5.74) is 5.89. The molecule has 17 heavy (non-hydrogen) atoms. The third-order valence-corrected chi connectivity index (χ3v) is 2.78. The summed E-state index contributed by atoms with van der Waals surface area (Å²) >= 11 is 0. The molecule has 3 N–H and O–H groups in total. The number of hydrogen-bond donors (Lipinski definition) is 2. The molecule has 0 aliphatic rings. The molecule has 4 heteroatoms. The summed E-state index contributed by atoms with van der Waals surface area (Å²) < 4.78 is 13.5. The number of benzene rings is 1. The first kappa shape index (κ1) is 13.6. The van der Waals surface area contributed by atoms with Gasteiger partial charge in [-0.2, -0.15) is 0 Å². The van der Waals surface area contributed by atoms with E-state index in [-0.39, 0.29) is 23.7 Å². The Labute approximate surface area is 101 Å². The first-order valence-corrected chi connectivity index (χ1v) is 5.81. The molecule has 0 aliphatic heterocycles. The van der Waals surface area contributed by atoms with Gasteiger partial charge in [-0.15, -0.1) is 0 Å². The van der Waals surface area contributed by atoms with Gasteiger partial charge in [-0.3, -0.25) is 4.79 Å². The van der Waals surface area contributed by atoms with Gasteiger partial charge in [0, 0.05) is 11.5 Å². The minimum Gasteiger partial charge on any atom is -0.349 e. The van der Waals surface area contributed by atoms with Gasteiger partial charge in [0.25, 0.3) is 0 Å². The van der Waals surface area contributed by atoms with Crippen molar-refractivity contribution < 1.29 is 9.18 Å². The first-order chi connectivity index (χ1) is 8.06. The summed E-state index contributed by atoms with van der Waals surface area (Å²) in [6.07, 6.45) is 0.635. The molecule has 2 unspecified atom stereocenters. The Hall–Kier alpha value is -1.42. The Morgan fingerprint density at radius 3 is 2.65 bits per heavy atom. The van der Waals surface area contributed by atoms with Crippen LogP contribution in [0.25, 0.3) is 0 Å². The fourth-order valence-electron chi connectivity index (χ4n) is 1.64. The van der Waals surface area contributed by atoms with Crippen LogP contribution in [0.4, 0.5) is 4.39 Å². The lowest BCUT2D eigenvalue weighted by molar-refractivity contribution is -0.125. The Morgan fingerprint density at radius 1 is 1.41 bits per heavy atom. The summed E-state index contributed by atoms with van der Waals surface area (Å²) in [5.74, 6) is -0.535. The molecule has 2 atom stereocenters. The zero-order valence-corrected chi connectivity index (χ0v) is 10.2. The number of halogens is 1. The van der Waals surface area contributed by atoms with Crippen LogP contribution in [0.3, 0.4) is 0 Å². The minimum absolute atomic E-state index is 0.0915. The molecule has 0 fully saturated rings. The molecule has 0 spiro atoms. The van der Waals surface area contributed by atoms with E-state index in [0.29, 0.717) is 18.5 Å². The maximum atomic E-state index is 13.5. The monoisotopic (exact) mass is 238 g/mol. The lowest BCUT2D eigenvalue weighted by Gasteiger charge is -2.18. The summed E-state index contributed by atoms with van der Waals surface area (Å²) in [4.78, 5) is 11.7. The van der Waals surface area contributed by atoms with Crippen molar-refractivity contribution in [3.63, 3.8) is 0 Å². The van der Waals surface area contributed by atoms with E-state index in [1.165, 1.54) is 6.07 Å². The highest BCUT2D eigenvalue weighted by atomic mass is 19.1. The molecule has 0 radical (unpaired) electrons. The van der Waals surface area contributed by atoms with E-state index < -0.39 is 0 Å². The number of carbonyl (C=O) groups excluding carboxylic acids is 1. The zero-order valence-electron chi connectivity index (χ0n) is 10.2. The molecule has 0 aromatic heterocycles. The molecule has 94 valence electrons. The molecule has 3 nitrogen and oxygen atoms in total. The van der Waals surface area contributed by atoms with Crippen LogP contribution in [0.5, 0.6) is 0 Å². The normalized spacial score (nSPS) is 14.1. The van der Waals surface area contributed by atoms with Gasteiger partial charge < -0.3 is 11.1 Å². The van der Waals surface area contributed by atoms with Gasteiger partial charge in [0.15, 0.2) is 0 Å². The third-order valence-electron chi connectivity index (χ3n) is 2.78. The van der Waals surface area contributed by atoms with Gasteiger partial charge in [0.2, 0.25) is 5.91 Å². The van der Waals surface area contributed by atoms with Crippen LogP contribution in [0.15, 0.2) is 24.3 Å². The summed E-state index contributed by atoms with van der Waals surface area (Å²) in [6, 6.07) is 6.12. The Kier molecular flexibility index (Phi) is 5.10. The zero-order chi connectivity index (χ0) is 12.8. The van der Waals surface area contributed by atoms with E-state index in [9.17, 15) is 9.18 Å². The number of nitrogens with two attached hydrogens (primary N) is 1. The van der Waals surface area contributed by atoms with Crippen molar-refractivity contribution in [3.8, 4) is 0 Å². The van der Waals surface area contributed by atoms with Gasteiger partial charge in [-0.1, -0.05) is 25.1 Å². The highest BCUT2D eigenvalue weighted by Crippen LogP contribution is 2.16. The van der Waals surface area contributed by atoms with Crippen LogP contribution in [0.2, 0.25) is 0 Å². The summed E-state index contributed by atoms with van der Waals surface area (Å²) in [6.45, 7) is 4.06. The Bertz CT molecular complexity index is 381. The third kappa shape index (κ3) is 3.82. The number of nitrogens with one attached hydrogen (secondary N) is 1. The van der Waals surface area contributed by atoms with Crippen molar-refractivity contribution in [1.82, 2.24) is 5.32 Å². The van der Waals surface area contributed by atoms with E-state index in [2.05, 4.69) is 5.32 Å². The van der Waals surface area contributed by atoms with Crippen LogP contribution >= 0.6 is 0 Å². The SMILES string of the molecule is CC(CCN)C(=O)NC(C)c1ccccc1F. The van der Waals surface area contributed by atoms with E-state index in [4.69, 9.17) is 5.73 Å². The van der Waals surface area contributed by atoms with Crippen LogP contribution in [-0.2, 0) is 4.79 Å². The number of rotatable bonds is 5. The molecule has 0 aliphatic carbocycles. The molecule has 0 saturated heterocycles. The number of carbonyl (C=O) groups is 1. The average Bonchev–Trinajstić information content (AvgIpc) is 2.29. The van der Waals surface area contributed by atoms with Crippen molar-refractivity contribution in [3.05, 3.63) is 35.6 Å². The summed E-state index contributed by atoms with van der Waals surface area (Å²) in [5, 5.41) is 2.79. The van der Waals surface area contributed by atoms with Gasteiger partial charge in [0.1, 0.15) is 5.82 Å². The highest BCUT2D eigenvalue weighted by molar-refractivity contribution is 5.78. The smallest absolute Gasteiger partial charge is 0.223 e. The first-order valence-electron chi connectivity index (χ1n) is 5.81. The van der Waals surface area contributed by atoms with E-state index in [0.717, 1.165) is 0 Å². The van der Waals surface area contributed by atoms with Crippen LogP contribution < -0.4 is 11.1 Å². The predicted octanol–water partition coefficient (Wildman–Crippen LogP) is 1.99. The fraction of sp³-hybridized carbons (Fsp3) is 0.462. The molecule has 1 amide bonds. The second-order valence-corrected chi connectivity index (χ2v) is 4.23. The molecular formula is C13H19FN2O. The van der Waals surface area contributed by atoms with E-state index >= 15 is 0 Å². The van der Waals surface area contributed by atoms with Gasteiger partial charge in [-0.05, 0) is 26.0 Å². The quantitative estimate of drug-likeness (QED) is 0.824. The van der Waals surface area contributed by atoms with Crippen molar-refractivity contribution in [2.45, 2.75) is 26.3 Å². The molecule has 1 rings (SSSR count). The minimum atomic E-state index is -0.330. The van der Waals surface area contributed by atoms with Crippen molar-refractivity contribution in [1.29, 1.82) is 0 Å². The van der Waals surface area contributed by atoms with Gasteiger partial charge in [0.05, 0.1) is 6.04 Å². The largest absolute Gasteiger partial charge is 0.349 e. The predicted molar refractivity (Wildman–Crippen MR) is 65.8 cm³/mol. The van der Waals surface area contributed by atoms with Gasteiger partial charge in [-0.25, -0.2) is 4.39 Å². The summed E-state index contributed by atoms with van der Waals surface area (Å²) in [7, 11) is 0. The fourth-order valence-corrected chi connectivity index (χ4v) is 1.64. The topological polar surface area (TPSA) is 55.1 Å². The van der Waals surface area contributed by atoms with Crippen molar-refractivity contribution in [2.24, 2.45) is 11.7 Å². The van der Waals surface area contributed by atoms with Crippen LogP contribution in [0.1, 0.15) is 31.9 Å². The Morgan fingerprint density at radius 2 is 2.06 bits per heavy atom. The molecule has 1 aromatic carbocycles. The highest BCUT2D eigenvalue weighted by Gasteiger charge is 2.17. The number of amides is 1. The van der Waals surface area contributed by atoms with E-state index in [1.807, 2.05) is 6.92 Å². The van der Waals surface area contributed by atoms with E-state index in [1.54, 1.807) is 25.1 Å². The molecule has 0 saturated carbocycles. The van der Waals surface area contributed by atoms with Crippen molar-refractivity contribution >= 4 is 5.91 Å². The maximum absolute atomic E-state index is 13.5. The van der Waals surface area contributed by atoms with Crippen LogP contribution in [0, 0.1) is 11.7 Å². The second-order valence-electron chi connectivity index (χ2n) is 4.23. The van der Waals surface area contributed by atoms with Gasteiger partial charge >= 0.3 is 0 Å². The van der Waals surface area contributed by atoms with Crippen molar-refractivity contribution in [2.75, 3.05) is 6.54 Å².